The van der Waals surface area contributed by atoms with Gasteiger partial charge in [-0.1, -0.05) is 42.5 Å². The van der Waals surface area contributed by atoms with Crippen LogP contribution in [-0.4, -0.2) is 40.3 Å². The Bertz CT molecular complexity index is 977. The second-order valence-electron chi connectivity index (χ2n) is 5.87. The number of nitrogens with one attached hydrogen (secondary N) is 1. The molecule has 0 fully saturated rings. The van der Waals surface area contributed by atoms with E-state index in [9.17, 15) is 14.4 Å². The van der Waals surface area contributed by atoms with Gasteiger partial charge >= 0.3 is 5.97 Å². The first-order valence-corrected chi connectivity index (χ1v) is 8.51. The summed E-state index contributed by atoms with van der Waals surface area (Å²) in [5.74, 6) is -1.55. The number of carbonyl (C=O) groups is 3. The normalized spacial score (nSPS) is 11.8. The Morgan fingerprint density at radius 2 is 1.89 bits per heavy atom. The molecule has 1 unspecified atom stereocenters. The van der Waals surface area contributed by atoms with E-state index >= 15 is 0 Å². The highest BCUT2D eigenvalue weighted by atomic mass is 16.5. The molecule has 138 valence electrons. The van der Waals surface area contributed by atoms with Gasteiger partial charge in [-0.3, -0.25) is 14.5 Å². The highest BCUT2D eigenvalue weighted by molar-refractivity contribution is 6.22. The maximum absolute atomic E-state index is 13.4. The number of amides is 1. The second-order valence-corrected chi connectivity index (χ2v) is 5.87. The van der Waals surface area contributed by atoms with Crippen molar-refractivity contribution in [3.63, 3.8) is 0 Å². The monoisotopic (exact) mass is 365 g/mol. The molecule has 0 aliphatic heterocycles. The van der Waals surface area contributed by atoms with Gasteiger partial charge in [0, 0.05) is 12.5 Å². The van der Waals surface area contributed by atoms with Gasteiger partial charge in [0.1, 0.15) is 5.82 Å². The minimum Gasteiger partial charge on any atom is -0.464 e. The van der Waals surface area contributed by atoms with Crippen LogP contribution < -0.4 is 4.90 Å². The predicted molar refractivity (Wildman–Crippen MR) is 100 cm³/mol. The van der Waals surface area contributed by atoms with E-state index in [2.05, 4.69) is 9.97 Å². The van der Waals surface area contributed by atoms with Gasteiger partial charge in [0.15, 0.2) is 11.8 Å². The van der Waals surface area contributed by atoms with Gasteiger partial charge in [0.05, 0.1) is 19.1 Å². The van der Waals surface area contributed by atoms with E-state index < -0.39 is 23.7 Å². The number of hydrogen-bond acceptors (Lipinski definition) is 5. The van der Waals surface area contributed by atoms with Crippen molar-refractivity contribution >= 4 is 34.3 Å². The van der Waals surface area contributed by atoms with E-state index in [-0.39, 0.29) is 12.4 Å². The zero-order chi connectivity index (χ0) is 19.4. The van der Waals surface area contributed by atoms with Crippen LogP contribution >= 0.6 is 0 Å². The van der Waals surface area contributed by atoms with Crippen molar-refractivity contribution in [2.75, 3.05) is 11.5 Å². The summed E-state index contributed by atoms with van der Waals surface area (Å²) in [4.78, 5) is 46.1. The predicted octanol–water partition coefficient (Wildman–Crippen LogP) is 2.73. The van der Waals surface area contributed by atoms with E-state index in [1.54, 1.807) is 25.1 Å². The molecular weight excluding hydrogens is 346 g/mol. The van der Waals surface area contributed by atoms with Gasteiger partial charge in [-0.05, 0) is 17.7 Å². The molecule has 0 saturated carbocycles. The fourth-order valence-corrected chi connectivity index (χ4v) is 3.01. The van der Waals surface area contributed by atoms with Crippen LogP contribution in [0.25, 0.3) is 10.8 Å². The number of ether oxygens (including phenoxy) is 1. The number of rotatable bonds is 6. The molecule has 0 aliphatic carbocycles. The first kappa shape index (κ1) is 18.3. The molecule has 2 aromatic carbocycles. The Balaban J connectivity index is 2.13. The summed E-state index contributed by atoms with van der Waals surface area (Å²) >= 11 is 0. The largest absolute Gasteiger partial charge is 0.464 e. The van der Waals surface area contributed by atoms with E-state index in [1.807, 2.05) is 24.3 Å². The van der Waals surface area contributed by atoms with Crippen molar-refractivity contribution in [1.82, 2.24) is 9.97 Å². The van der Waals surface area contributed by atoms with Crippen LogP contribution in [0.4, 0.5) is 5.82 Å². The number of esters is 1. The lowest BCUT2D eigenvalue weighted by Crippen LogP contribution is -2.50. The summed E-state index contributed by atoms with van der Waals surface area (Å²) in [7, 11) is 0. The molecule has 1 N–H and O–H groups in total. The van der Waals surface area contributed by atoms with Gasteiger partial charge in [0.2, 0.25) is 5.91 Å². The van der Waals surface area contributed by atoms with Crippen molar-refractivity contribution in [1.29, 1.82) is 0 Å². The zero-order valence-corrected chi connectivity index (χ0v) is 15.0. The minimum absolute atomic E-state index is 0.0902. The van der Waals surface area contributed by atoms with Crippen LogP contribution in [0.2, 0.25) is 0 Å². The third kappa shape index (κ3) is 3.57. The van der Waals surface area contributed by atoms with Crippen LogP contribution in [0.3, 0.4) is 0 Å². The number of H-pyrrole nitrogens is 1. The number of ketones is 1. The Morgan fingerprint density at radius 1 is 1.15 bits per heavy atom. The van der Waals surface area contributed by atoms with Crippen LogP contribution in [-0.2, 0) is 14.3 Å². The number of aromatic nitrogens is 2. The molecule has 7 nitrogen and oxygen atoms in total. The molecule has 1 atom stereocenters. The molecular formula is C20H19N3O4. The summed E-state index contributed by atoms with van der Waals surface area (Å²) in [5, 5.41) is 1.56. The highest BCUT2D eigenvalue weighted by Crippen LogP contribution is 2.24. The number of nitrogens with zero attached hydrogens (tertiary/aromatic N) is 2. The minimum atomic E-state index is -1.45. The molecule has 3 rings (SSSR count). The number of aromatic amines is 1. The first-order chi connectivity index (χ1) is 13.0. The van der Waals surface area contributed by atoms with Crippen molar-refractivity contribution in [2.24, 2.45) is 0 Å². The maximum Gasteiger partial charge on any atom is 0.337 e. The van der Waals surface area contributed by atoms with Gasteiger partial charge in [-0.15, -0.1) is 0 Å². The fraction of sp³-hybridized carbons (Fsp3) is 0.200. The van der Waals surface area contributed by atoms with Crippen LogP contribution in [0.15, 0.2) is 55.0 Å². The van der Waals surface area contributed by atoms with E-state index in [0.29, 0.717) is 10.9 Å². The number of fused-ring (bicyclic) bond motifs is 1. The molecule has 1 amide bonds. The molecule has 3 aromatic rings. The number of Topliss-reactive ketones (excluding diaryl/α,β-unsaturated/α-hetero) is 1. The van der Waals surface area contributed by atoms with E-state index in [1.165, 1.54) is 19.4 Å². The average molecular weight is 365 g/mol. The molecule has 0 bridgehead atoms. The average Bonchev–Trinajstić information content (AvgIpc) is 3.19. The van der Waals surface area contributed by atoms with Gasteiger partial charge in [-0.25, -0.2) is 9.78 Å². The van der Waals surface area contributed by atoms with Crippen molar-refractivity contribution in [2.45, 2.75) is 19.9 Å². The Labute approximate surface area is 156 Å². The lowest BCUT2D eigenvalue weighted by Gasteiger charge is -2.27. The zero-order valence-electron chi connectivity index (χ0n) is 15.0. The molecule has 1 heterocycles. The molecule has 0 aliphatic rings. The molecule has 0 radical (unpaired) electrons. The van der Waals surface area contributed by atoms with Crippen molar-refractivity contribution in [3.05, 3.63) is 60.6 Å². The Morgan fingerprint density at radius 3 is 2.56 bits per heavy atom. The lowest BCUT2D eigenvalue weighted by atomic mass is 9.96. The number of carbonyl (C=O) groups excluding carboxylic acids is 3. The number of imidazole rings is 1. The third-order valence-corrected chi connectivity index (χ3v) is 4.15. The maximum atomic E-state index is 13.4. The number of benzene rings is 2. The third-order valence-electron chi connectivity index (χ3n) is 4.15. The van der Waals surface area contributed by atoms with Gasteiger partial charge in [0.25, 0.3) is 0 Å². The highest BCUT2D eigenvalue weighted by Gasteiger charge is 2.38. The number of hydrogen-bond donors (Lipinski definition) is 1. The Kier molecular flexibility index (Phi) is 5.30. The standard InChI is InChI=1S/C20H19N3O4/c1-3-27-20(26)18(23(13(2)24)17-11-21-12-22-17)19(25)16-10-6-8-14-7-4-5-9-15(14)16/h4-12,18H,3H2,1-2H3,(H,21,22). The summed E-state index contributed by atoms with van der Waals surface area (Å²) in [5.41, 5.74) is 0.344. The summed E-state index contributed by atoms with van der Waals surface area (Å²) < 4.78 is 5.10. The molecule has 1 aromatic heterocycles. The summed E-state index contributed by atoms with van der Waals surface area (Å²) in [6.07, 6.45) is 2.75. The summed E-state index contributed by atoms with van der Waals surface area (Å²) in [6, 6.07) is 11.2. The van der Waals surface area contributed by atoms with E-state index in [4.69, 9.17) is 4.74 Å². The first-order valence-electron chi connectivity index (χ1n) is 8.51. The van der Waals surface area contributed by atoms with Gasteiger partial charge in [-0.2, -0.15) is 0 Å². The molecule has 27 heavy (non-hydrogen) atoms. The summed E-state index contributed by atoms with van der Waals surface area (Å²) in [6.45, 7) is 3.02. The topological polar surface area (TPSA) is 92.4 Å². The smallest absolute Gasteiger partial charge is 0.337 e. The second kappa shape index (κ2) is 7.82. The van der Waals surface area contributed by atoms with E-state index in [0.717, 1.165) is 10.3 Å². The quantitative estimate of drug-likeness (QED) is 0.412. The Hall–Kier alpha value is -3.48. The molecule has 0 spiro atoms. The van der Waals surface area contributed by atoms with Crippen molar-refractivity contribution < 1.29 is 19.1 Å². The fourth-order valence-electron chi connectivity index (χ4n) is 3.01. The van der Waals surface area contributed by atoms with Crippen LogP contribution in [0, 0.1) is 0 Å². The van der Waals surface area contributed by atoms with Crippen LogP contribution in [0.5, 0.6) is 0 Å². The van der Waals surface area contributed by atoms with Gasteiger partial charge < -0.3 is 9.72 Å². The molecule has 0 saturated heterocycles. The molecule has 7 heteroatoms. The lowest BCUT2D eigenvalue weighted by molar-refractivity contribution is -0.144. The van der Waals surface area contributed by atoms with Crippen molar-refractivity contribution in [3.8, 4) is 0 Å². The van der Waals surface area contributed by atoms with Crippen LogP contribution in [0.1, 0.15) is 24.2 Å². The number of anilines is 1. The SMILES string of the molecule is CCOC(=O)C(C(=O)c1cccc2ccccc12)N(C(C)=O)c1cnc[nH]1.